The Morgan fingerprint density at radius 1 is 1.29 bits per heavy atom. The van der Waals surface area contributed by atoms with E-state index in [4.69, 9.17) is 0 Å². The van der Waals surface area contributed by atoms with Crippen LogP contribution < -0.4 is 5.32 Å². The molecule has 0 amide bonds. The number of nitrogens with one attached hydrogen (secondary N) is 1. The molecule has 17 heavy (non-hydrogen) atoms. The van der Waals surface area contributed by atoms with Crippen molar-refractivity contribution in [3.63, 3.8) is 0 Å². The summed E-state index contributed by atoms with van der Waals surface area (Å²) in [5.41, 5.74) is 4.98. The first-order chi connectivity index (χ1) is 8.09. The van der Waals surface area contributed by atoms with Gasteiger partial charge >= 0.3 is 0 Å². The summed E-state index contributed by atoms with van der Waals surface area (Å²) >= 11 is 0. The highest BCUT2D eigenvalue weighted by atomic mass is 16.3. The predicted molar refractivity (Wildman–Crippen MR) is 71.6 cm³/mol. The second-order valence-electron chi connectivity index (χ2n) is 5.36. The molecule has 1 heterocycles. The minimum atomic E-state index is 0.436. The van der Waals surface area contributed by atoms with Gasteiger partial charge in [-0.15, -0.1) is 0 Å². The molecule has 0 aromatic heterocycles. The molecule has 0 radical (unpaired) electrons. The maximum absolute atomic E-state index is 9.80. The molecule has 0 spiro atoms. The maximum atomic E-state index is 9.80. The Labute approximate surface area is 104 Å². The first-order valence-corrected chi connectivity index (χ1v) is 6.59. The van der Waals surface area contributed by atoms with Gasteiger partial charge in [-0.25, -0.2) is 0 Å². The molecule has 2 heteroatoms. The van der Waals surface area contributed by atoms with Gasteiger partial charge in [0.2, 0.25) is 0 Å². The van der Waals surface area contributed by atoms with Crippen molar-refractivity contribution in [3.8, 4) is 5.75 Å². The fourth-order valence-corrected chi connectivity index (χ4v) is 2.82. The Hall–Kier alpha value is -1.02. The number of piperidine rings is 1. The van der Waals surface area contributed by atoms with E-state index in [1.165, 1.54) is 36.1 Å². The Kier molecular flexibility index (Phi) is 3.72. The third kappa shape index (κ3) is 2.63. The molecule has 0 aliphatic carbocycles. The topological polar surface area (TPSA) is 32.3 Å². The third-order valence-electron chi connectivity index (χ3n) is 4.12. The molecule has 2 nitrogen and oxygen atoms in total. The number of benzene rings is 1. The van der Waals surface area contributed by atoms with Crippen LogP contribution in [0.25, 0.3) is 0 Å². The summed E-state index contributed by atoms with van der Waals surface area (Å²) in [6.07, 6.45) is 3.76. The van der Waals surface area contributed by atoms with Gasteiger partial charge in [-0.1, -0.05) is 0 Å². The third-order valence-corrected chi connectivity index (χ3v) is 4.12. The van der Waals surface area contributed by atoms with Crippen molar-refractivity contribution in [1.82, 2.24) is 5.32 Å². The van der Waals surface area contributed by atoms with Gasteiger partial charge in [-0.05, 0) is 87.4 Å². The Bertz CT molecular complexity index is 406. The first kappa shape index (κ1) is 12.4. The second-order valence-corrected chi connectivity index (χ2v) is 5.36. The van der Waals surface area contributed by atoms with E-state index in [0.29, 0.717) is 5.75 Å². The highest BCUT2D eigenvalue weighted by Crippen LogP contribution is 2.29. The van der Waals surface area contributed by atoms with Crippen molar-refractivity contribution >= 4 is 0 Å². The van der Waals surface area contributed by atoms with E-state index in [1.54, 1.807) is 0 Å². The largest absolute Gasteiger partial charge is 0.508 e. The van der Waals surface area contributed by atoms with Crippen LogP contribution in [0.4, 0.5) is 0 Å². The van der Waals surface area contributed by atoms with Crippen molar-refractivity contribution < 1.29 is 5.11 Å². The number of hydrogen-bond acceptors (Lipinski definition) is 2. The zero-order valence-electron chi connectivity index (χ0n) is 11.1. The average molecular weight is 233 g/mol. The number of hydrogen-bond donors (Lipinski definition) is 2. The van der Waals surface area contributed by atoms with Crippen molar-refractivity contribution in [1.29, 1.82) is 0 Å². The molecule has 1 atom stereocenters. The normalized spacial score (nSPS) is 20.5. The van der Waals surface area contributed by atoms with Gasteiger partial charge in [0, 0.05) is 0 Å². The summed E-state index contributed by atoms with van der Waals surface area (Å²) in [6.45, 7) is 8.56. The van der Waals surface area contributed by atoms with E-state index in [2.05, 4.69) is 19.2 Å². The van der Waals surface area contributed by atoms with Gasteiger partial charge in [0.25, 0.3) is 0 Å². The molecule has 0 bridgehead atoms. The number of rotatable bonds is 2. The molecule has 1 aromatic carbocycles. The quantitative estimate of drug-likeness (QED) is 0.823. The van der Waals surface area contributed by atoms with E-state index in [9.17, 15) is 5.11 Å². The lowest BCUT2D eigenvalue weighted by Crippen LogP contribution is -2.31. The lowest BCUT2D eigenvalue weighted by atomic mass is 9.87. The van der Waals surface area contributed by atoms with Gasteiger partial charge in [-0.3, -0.25) is 0 Å². The number of phenolic OH excluding ortho intramolecular Hbond substituents is 1. The standard InChI is InChI=1S/C15H23NO/c1-10-7-15(17)12(3)11(2)14(10)8-13-5-4-6-16-9-13/h7,13,16-17H,4-6,8-9H2,1-3H3. The van der Waals surface area contributed by atoms with Crippen molar-refractivity contribution in [2.24, 2.45) is 5.92 Å². The minimum absolute atomic E-state index is 0.436. The molecule has 2 N–H and O–H groups in total. The average Bonchev–Trinajstić information content (AvgIpc) is 2.33. The summed E-state index contributed by atoms with van der Waals surface area (Å²) in [4.78, 5) is 0. The summed E-state index contributed by atoms with van der Waals surface area (Å²) in [5, 5.41) is 13.3. The molecule has 1 unspecified atom stereocenters. The first-order valence-electron chi connectivity index (χ1n) is 6.59. The predicted octanol–water partition coefficient (Wildman–Crippen LogP) is 2.86. The van der Waals surface area contributed by atoms with Gasteiger partial charge in [0.15, 0.2) is 0 Å². The molecule has 1 saturated heterocycles. The highest BCUT2D eigenvalue weighted by Gasteiger charge is 2.17. The van der Waals surface area contributed by atoms with Crippen LogP contribution >= 0.6 is 0 Å². The smallest absolute Gasteiger partial charge is 0.119 e. The zero-order valence-corrected chi connectivity index (χ0v) is 11.1. The van der Waals surface area contributed by atoms with Crippen LogP contribution in [0, 0.1) is 26.7 Å². The van der Waals surface area contributed by atoms with E-state index >= 15 is 0 Å². The highest BCUT2D eigenvalue weighted by molar-refractivity contribution is 5.47. The number of phenols is 1. The molecule has 0 saturated carbocycles. The van der Waals surface area contributed by atoms with Crippen LogP contribution in [0.2, 0.25) is 0 Å². The van der Waals surface area contributed by atoms with Crippen LogP contribution in [0.5, 0.6) is 5.75 Å². The van der Waals surface area contributed by atoms with Crippen LogP contribution in [0.1, 0.15) is 35.1 Å². The van der Waals surface area contributed by atoms with Crippen LogP contribution in [0.3, 0.4) is 0 Å². The SMILES string of the molecule is Cc1cc(O)c(C)c(C)c1CC1CCCNC1. The molecular weight excluding hydrogens is 210 g/mol. The number of aromatic hydroxyl groups is 1. The Morgan fingerprint density at radius 3 is 2.71 bits per heavy atom. The summed E-state index contributed by atoms with van der Waals surface area (Å²) < 4.78 is 0. The molecule has 1 aliphatic rings. The van der Waals surface area contributed by atoms with Gasteiger partial charge in [0.1, 0.15) is 5.75 Å². The van der Waals surface area contributed by atoms with E-state index in [0.717, 1.165) is 24.4 Å². The van der Waals surface area contributed by atoms with Crippen molar-refractivity contribution in [2.75, 3.05) is 13.1 Å². The van der Waals surface area contributed by atoms with E-state index < -0.39 is 0 Å². The fraction of sp³-hybridized carbons (Fsp3) is 0.600. The maximum Gasteiger partial charge on any atom is 0.119 e. The van der Waals surface area contributed by atoms with Crippen LogP contribution in [-0.4, -0.2) is 18.2 Å². The lowest BCUT2D eigenvalue weighted by Gasteiger charge is -2.25. The molecule has 1 fully saturated rings. The van der Waals surface area contributed by atoms with Gasteiger partial charge in [0.05, 0.1) is 0 Å². The van der Waals surface area contributed by atoms with Crippen LogP contribution in [-0.2, 0) is 6.42 Å². The van der Waals surface area contributed by atoms with Crippen LogP contribution in [0.15, 0.2) is 6.07 Å². The lowest BCUT2D eigenvalue weighted by molar-refractivity contribution is 0.375. The zero-order chi connectivity index (χ0) is 12.4. The Morgan fingerprint density at radius 2 is 2.06 bits per heavy atom. The monoisotopic (exact) mass is 233 g/mol. The summed E-state index contributed by atoms with van der Waals surface area (Å²) in [5.74, 6) is 1.19. The van der Waals surface area contributed by atoms with Gasteiger partial charge in [-0.2, -0.15) is 0 Å². The Balaban J connectivity index is 2.22. The van der Waals surface area contributed by atoms with Crippen molar-refractivity contribution in [2.45, 2.75) is 40.0 Å². The van der Waals surface area contributed by atoms with E-state index in [1.807, 2.05) is 13.0 Å². The molecule has 2 rings (SSSR count). The number of aryl methyl sites for hydroxylation is 1. The van der Waals surface area contributed by atoms with Gasteiger partial charge < -0.3 is 10.4 Å². The summed E-state index contributed by atoms with van der Waals surface area (Å²) in [6, 6.07) is 1.91. The molecule has 94 valence electrons. The fourth-order valence-electron chi connectivity index (χ4n) is 2.82. The minimum Gasteiger partial charge on any atom is -0.508 e. The molecular formula is C15H23NO. The second kappa shape index (κ2) is 5.09. The van der Waals surface area contributed by atoms with Crippen molar-refractivity contribution in [3.05, 3.63) is 28.3 Å². The summed E-state index contributed by atoms with van der Waals surface area (Å²) in [7, 11) is 0. The molecule has 1 aliphatic heterocycles. The van der Waals surface area contributed by atoms with E-state index in [-0.39, 0.29) is 0 Å². The molecule has 1 aromatic rings.